The Morgan fingerprint density at radius 1 is 1.38 bits per heavy atom. The third-order valence-electron chi connectivity index (χ3n) is 2.79. The van der Waals surface area contributed by atoms with E-state index in [1.165, 1.54) is 18.3 Å². The van der Waals surface area contributed by atoms with Crippen LogP contribution in [0.25, 0.3) is 0 Å². The van der Waals surface area contributed by atoms with Crippen LogP contribution in [-0.4, -0.2) is 16.3 Å². The Morgan fingerprint density at radius 3 is 2.67 bits per heavy atom. The van der Waals surface area contributed by atoms with Crippen molar-refractivity contribution in [1.29, 1.82) is 5.26 Å². The molecule has 0 aliphatic heterocycles. The smallest absolute Gasteiger partial charge is 0.271 e. The van der Waals surface area contributed by atoms with Crippen molar-refractivity contribution in [3.05, 3.63) is 63.7 Å². The van der Waals surface area contributed by atoms with E-state index in [2.05, 4.69) is 22.7 Å². The Hall–Kier alpha value is -3.51. The van der Waals surface area contributed by atoms with Gasteiger partial charge in [0.1, 0.15) is 23.1 Å². The molecule has 0 aliphatic carbocycles. The minimum Gasteiger partial charge on any atom is -0.456 e. The highest BCUT2D eigenvalue weighted by Crippen LogP contribution is 2.28. The van der Waals surface area contributed by atoms with Gasteiger partial charge in [-0.05, 0) is 48.1 Å². The second-order valence-corrected chi connectivity index (χ2v) is 4.89. The van der Waals surface area contributed by atoms with Gasteiger partial charge in [0.15, 0.2) is 5.11 Å². The number of rotatable bonds is 5. The first-order chi connectivity index (χ1) is 11.5. The molecule has 0 saturated heterocycles. The lowest BCUT2D eigenvalue weighted by Gasteiger charge is -2.07. The summed E-state index contributed by atoms with van der Waals surface area (Å²) in [5.41, 5.74) is 8.36. The Bertz CT molecular complexity index is 843. The molecule has 2 aromatic rings. The average Bonchev–Trinajstić information content (AvgIpc) is 2.56. The van der Waals surface area contributed by atoms with Crippen molar-refractivity contribution < 1.29 is 9.66 Å². The quantitative estimate of drug-likeness (QED) is 0.370. The second kappa shape index (κ2) is 7.66. The van der Waals surface area contributed by atoms with Crippen LogP contribution in [0.3, 0.4) is 0 Å². The number of nitrogens with two attached hydrogens (primary N) is 1. The summed E-state index contributed by atoms with van der Waals surface area (Å²) in [5.74, 6) is 0.708. The summed E-state index contributed by atoms with van der Waals surface area (Å²) >= 11 is 4.62. The maximum atomic E-state index is 10.7. The predicted octanol–water partition coefficient (Wildman–Crippen LogP) is 2.43. The van der Waals surface area contributed by atoms with Crippen LogP contribution in [0.4, 0.5) is 5.69 Å². The molecule has 0 atom stereocenters. The van der Waals surface area contributed by atoms with E-state index in [1.54, 1.807) is 24.3 Å². The maximum Gasteiger partial charge on any atom is 0.271 e. The van der Waals surface area contributed by atoms with Crippen molar-refractivity contribution in [2.75, 3.05) is 0 Å². The number of nitrogens with one attached hydrogen (secondary N) is 1. The number of non-ortho nitro benzene ring substituents is 1. The highest BCUT2D eigenvalue weighted by Gasteiger charge is 2.12. The highest BCUT2D eigenvalue weighted by molar-refractivity contribution is 7.80. The topological polar surface area (TPSA) is 127 Å². The van der Waals surface area contributed by atoms with Gasteiger partial charge in [0.25, 0.3) is 5.69 Å². The molecule has 3 N–H and O–H groups in total. The molecule has 2 rings (SSSR count). The average molecular weight is 341 g/mol. The SMILES string of the molecule is N#Cc1cc([N+](=O)[O-])ccc1Oc1ccc(/C=N\NC(N)=S)cc1. The number of hydrogen-bond acceptors (Lipinski definition) is 6. The van der Waals surface area contributed by atoms with E-state index in [0.29, 0.717) is 5.75 Å². The van der Waals surface area contributed by atoms with Crippen LogP contribution < -0.4 is 15.9 Å². The molecule has 0 fully saturated rings. The van der Waals surface area contributed by atoms with Crippen LogP contribution in [0.15, 0.2) is 47.6 Å². The summed E-state index contributed by atoms with van der Waals surface area (Å²) in [4.78, 5) is 10.2. The standard InChI is InChI=1S/C15H11N5O3S/c16-8-11-7-12(20(21)22)3-6-14(11)23-13-4-1-10(2-5-13)9-18-19-15(17)24/h1-7,9H,(H3,17,19,24)/b18-9-. The van der Waals surface area contributed by atoms with Crippen LogP contribution in [0.2, 0.25) is 0 Å². The minimum atomic E-state index is -0.570. The van der Waals surface area contributed by atoms with E-state index in [1.807, 2.05) is 6.07 Å². The summed E-state index contributed by atoms with van der Waals surface area (Å²) in [7, 11) is 0. The fraction of sp³-hybridized carbons (Fsp3) is 0. The number of hydrazone groups is 1. The number of nitro benzene ring substituents is 1. The van der Waals surface area contributed by atoms with Gasteiger partial charge >= 0.3 is 0 Å². The maximum absolute atomic E-state index is 10.7. The third kappa shape index (κ3) is 4.49. The number of hydrogen-bond donors (Lipinski definition) is 2. The number of nitriles is 1. The molecule has 8 nitrogen and oxygen atoms in total. The molecule has 0 amide bonds. The predicted molar refractivity (Wildman–Crippen MR) is 91.8 cm³/mol. The second-order valence-electron chi connectivity index (χ2n) is 4.45. The molecule has 0 spiro atoms. The number of thiocarbonyl (C=S) groups is 1. The number of ether oxygens (including phenoxy) is 1. The van der Waals surface area contributed by atoms with Gasteiger partial charge in [-0.15, -0.1) is 0 Å². The van der Waals surface area contributed by atoms with E-state index in [9.17, 15) is 10.1 Å². The van der Waals surface area contributed by atoms with E-state index in [4.69, 9.17) is 15.7 Å². The van der Waals surface area contributed by atoms with Crippen LogP contribution >= 0.6 is 12.2 Å². The van der Waals surface area contributed by atoms with Crippen molar-refractivity contribution in [2.24, 2.45) is 10.8 Å². The van der Waals surface area contributed by atoms with Crippen molar-refractivity contribution in [3.63, 3.8) is 0 Å². The molecule has 0 radical (unpaired) electrons. The minimum absolute atomic E-state index is 0.0633. The van der Waals surface area contributed by atoms with Crippen molar-refractivity contribution in [1.82, 2.24) is 5.43 Å². The molecule has 0 saturated carbocycles. The van der Waals surface area contributed by atoms with Gasteiger partial charge in [0.05, 0.1) is 11.1 Å². The molecule has 2 aromatic carbocycles. The van der Waals surface area contributed by atoms with E-state index in [0.717, 1.165) is 11.6 Å². The molecule has 120 valence electrons. The molecule has 24 heavy (non-hydrogen) atoms. The molecular weight excluding hydrogens is 330 g/mol. The Kier molecular flexibility index (Phi) is 5.38. The van der Waals surface area contributed by atoms with Crippen molar-refractivity contribution in [2.45, 2.75) is 0 Å². The van der Waals surface area contributed by atoms with Crippen LogP contribution in [0.5, 0.6) is 11.5 Å². The summed E-state index contributed by atoms with van der Waals surface area (Å²) in [6.45, 7) is 0. The fourth-order valence-corrected chi connectivity index (χ4v) is 1.78. The van der Waals surface area contributed by atoms with Gasteiger partial charge in [0, 0.05) is 12.1 Å². The lowest BCUT2D eigenvalue weighted by Crippen LogP contribution is -2.23. The molecule has 0 aromatic heterocycles. The fourth-order valence-electron chi connectivity index (χ4n) is 1.73. The molecule has 0 unspecified atom stereocenters. The third-order valence-corrected chi connectivity index (χ3v) is 2.88. The zero-order valence-electron chi connectivity index (χ0n) is 12.2. The highest BCUT2D eigenvalue weighted by atomic mass is 32.1. The summed E-state index contributed by atoms with van der Waals surface area (Å²) in [5, 5.41) is 23.7. The van der Waals surface area contributed by atoms with E-state index in [-0.39, 0.29) is 22.1 Å². The lowest BCUT2D eigenvalue weighted by atomic mass is 10.2. The van der Waals surface area contributed by atoms with Gasteiger partial charge in [-0.3, -0.25) is 15.5 Å². The Morgan fingerprint density at radius 2 is 2.08 bits per heavy atom. The molecule has 0 heterocycles. The van der Waals surface area contributed by atoms with Gasteiger partial charge in [-0.2, -0.15) is 10.4 Å². The monoisotopic (exact) mass is 341 g/mol. The lowest BCUT2D eigenvalue weighted by molar-refractivity contribution is -0.384. The Balaban J connectivity index is 2.14. The molecule has 9 heteroatoms. The molecule has 0 bridgehead atoms. The van der Waals surface area contributed by atoms with E-state index < -0.39 is 4.92 Å². The first-order valence-corrected chi connectivity index (χ1v) is 6.95. The van der Waals surface area contributed by atoms with Crippen molar-refractivity contribution in [3.8, 4) is 17.6 Å². The Labute approximate surface area is 142 Å². The normalized spacial score (nSPS) is 10.1. The van der Waals surface area contributed by atoms with E-state index >= 15 is 0 Å². The van der Waals surface area contributed by atoms with Gasteiger partial charge in [-0.25, -0.2) is 0 Å². The largest absolute Gasteiger partial charge is 0.456 e. The number of nitrogens with zero attached hydrogens (tertiary/aromatic N) is 3. The van der Waals surface area contributed by atoms with Crippen molar-refractivity contribution >= 4 is 29.2 Å². The molecular formula is C15H11N5O3S. The zero-order chi connectivity index (χ0) is 17.5. The van der Waals surface area contributed by atoms with Gasteiger partial charge in [0.2, 0.25) is 0 Å². The molecule has 0 aliphatic rings. The number of benzene rings is 2. The van der Waals surface area contributed by atoms with Crippen LogP contribution in [0.1, 0.15) is 11.1 Å². The van der Waals surface area contributed by atoms with Crippen LogP contribution in [-0.2, 0) is 0 Å². The van der Waals surface area contributed by atoms with Gasteiger partial charge < -0.3 is 10.5 Å². The first-order valence-electron chi connectivity index (χ1n) is 6.54. The van der Waals surface area contributed by atoms with Gasteiger partial charge in [-0.1, -0.05) is 0 Å². The zero-order valence-corrected chi connectivity index (χ0v) is 13.0. The number of nitro groups is 1. The summed E-state index contributed by atoms with van der Waals surface area (Å²) in [6, 6.07) is 12.5. The summed E-state index contributed by atoms with van der Waals surface area (Å²) in [6.07, 6.45) is 1.52. The first kappa shape index (κ1) is 16.9. The van der Waals surface area contributed by atoms with Crippen LogP contribution in [0, 0.1) is 21.4 Å². The summed E-state index contributed by atoms with van der Waals surface area (Å²) < 4.78 is 5.59.